The Hall–Kier alpha value is -1.55. The molecule has 0 heterocycles. The maximum atomic E-state index is 10.9. The third kappa shape index (κ3) is 4.87. The first-order valence-corrected chi connectivity index (χ1v) is 5.78. The minimum Gasteiger partial charge on any atom is -0.383 e. The molecular formula is C13H20N2O2. The summed E-state index contributed by atoms with van der Waals surface area (Å²) in [7, 11) is 1.70. The highest BCUT2D eigenvalue weighted by Crippen LogP contribution is 2.15. The minimum atomic E-state index is -0.0588. The molecule has 4 nitrogen and oxygen atoms in total. The molecule has 1 unspecified atom stereocenters. The van der Waals surface area contributed by atoms with Gasteiger partial charge in [0.2, 0.25) is 5.91 Å². The van der Waals surface area contributed by atoms with Crippen LogP contribution in [-0.4, -0.2) is 25.7 Å². The number of rotatable bonds is 6. The lowest BCUT2D eigenvalue weighted by Crippen LogP contribution is -2.23. The van der Waals surface area contributed by atoms with E-state index < -0.39 is 0 Å². The highest BCUT2D eigenvalue weighted by molar-refractivity contribution is 5.88. The summed E-state index contributed by atoms with van der Waals surface area (Å²) in [5, 5.41) is 6.11. The number of benzene rings is 1. The first-order valence-electron chi connectivity index (χ1n) is 5.78. The van der Waals surface area contributed by atoms with E-state index in [-0.39, 0.29) is 5.91 Å². The van der Waals surface area contributed by atoms with Crippen LogP contribution in [0.3, 0.4) is 0 Å². The third-order valence-corrected chi connectivity index (χ3v) is 2.44. The maximum Gasteiger partial charge on any atom is 0.221 e. The summed E-state index contributed by atoms with van der Waals surface area (Å²) in [5.41, 5.74) is 1.84. The molecule has 0 saturated heterocycles. The Labute approximate surface area is 102 Å². The van der Waals surface area contributed by atoms with Crippen LogP contribution in [0, 0.1) is 0 Å². The van der Waals surface area contributed by atoms with Crippen molar-refractivity contribution in [2.24, 2.45) is 0 Å². The van der Waals surface area contributed by atoms with E-state index in [0.29, 0.717) is 12.6 Å². The molecule has 1 atom stereocenters. The van der Waals surface area contributed by atoms with Crippen molar-refractivity contribution in [3.05, 3.63) is 24.3 Å². The molecule has 0 bridgehead atoms. The van der Waals surface area contributed by atoms with Crippen molar-refractivity contribution in [2.45, 2.75) is 26.3 Å². The second-order valence-electron chi connectivity index (χ2n) is 3.96. The van der Waals surface area contributed by atoms with Crippen molar-refractivity contribution in [1.82, 2.24) is 0 Å². The van der Waals surface area contributed by atoms with Gasteiger partial charge >= 0.3 is 0 Å². The summed E-state index contributed by atoms with van der Waals surface area (Å²) in [6, 6.07) is 7.96. The van der Waals surface area contributed by atoms with Crippen molar-refractivity contribution in [1.29, 1.82) is 0 Å². The van der Waals surface area contributed by atoms with Gasteiger partial charge in [0.1, 0.15) is 0 Å². The van der Waals surface area contributed by atoms with Crippen molar-refractivity contribution < 1.29 is 9.53 Å². The van der Waals surface area contributed by atoms with Gasteiger partial charge in [0.15, 0.2) is 0 Å². The molecule has 94 valence electrons. The summed E-state index contributed by atoms with van der Waals surface area (Å²) in [4.78, 5) is 10.9. The van der Waals surface area contributed by atoms with E-state index in [9.17, 15) is 4.79 Å². The lowest BCUT2D eigenvalue weighted by molar-refractivity contribution is -0.114. The lowest BCUT2D eigenvalue weighted by atomic mass is 10.2. The number of hydrogen-bond donors (Lipinski definition) is 2. The van der Waals surface area contributed by atoms with E-state index in [2.05, 4.69) is 17.6 Å². The Morgan fingerprint density at radius 1 is 1.29 bits per heavy atom. The van der Waals surface area contributed by atoms with Gasteiger partial charge in [-0.2, -0.15) is 0 Å². The first kappa shape index (κ1) is 13.5. The molecule has 17 heavy (non-hydrogen) atoms. The van der Waals surface area contributed by atoms with E-state index in [0.717, 1.165) is 17.8 Å². The molecule has 1 amide bonds. The van der Waals surface area contributed by atoms with Crippen molar-refractivity contribution in [3.8, 4) is 0 Å². The van der Waals surface area contributed by atoms with E-state index in [1.54, 1.807) is 7.11 Å². The number of nitrogens with one attached hydrogen (secondary N) is 2. The maximum absolute atomic E-state index is 10.9. The van der Waals surface area contributed by atoms with Crippen LogP contribution in [0.1, 0.15) is 20.3 Å². The monoisotopic (exact) mass is 236 g/mol. The number of carbonyl (C=O) groups excluding carboxylic acids is 1. The predicted molar refractivity (Wildman–Crippen MR) is 70.3 cm³/mol. The zero-order valence-electron chi connectivity index (χ0n) is 10.6. The molecule has 0 aliphatic carbocycles. The van der Waals surface area contributed by atoms with Gasteiger partial charge in [-0.15, -0.1) is 0 Å². The third-order valence-electron chi connectivity index (χ3n) is 2.44. The second kappa shape index (κ2) is 6.91. The van der Waals surface area contributed by atoms with Crippen molar-refractivity contribution in [3.63, 3.8) is 0 Å². The number of amides is 1. The Morgan fingerprint density at radius 3 is 2.35 bits per heavy atom. The van der Waals surface area contributed by atoms with Crippen LogP contribution in [-0.2, 0) is 9.53 Å². The quantitative estimate of drug-likeness (QED) is 0.797. The molecule has 0 aliphatic heterocycles. The molecule has 0 saturated carbocycles. The molecular weight excluding hydrogens is 216 g/mol. The number of hydrogen-bond acceptors (Lipinski definition) is 3. The summed E-state index contributed by atoms with van der Waals surface area (Å²) in [5.74, 6) is -0.0588. The molecule has 0 aliphatic rings. The molecule has 0 aromatic heterocycles. The van der Waals surface area contributed by atoms with Gasteiger partial charge in [-0.05, 0) is 30.7 Å². The van der Waals surface area contributed by atoms with E-state index in [1.165, 1.54) is 6.92 Å². The van der Waals surface area contributed by atoms with E-state index >= 15 is 0 Å². The average molecular weight is 236 g/mol. The van der Waals surface area contributed by atoms with Gasteiger partial charge in [0.25, 0.3) is 0 Å². The van der Waals surface area contributed by atoms with Gasteiger partial charge in [-0.25, -0.2) is 0 Å². The van der Waals surface area contributed by atoms with E-state index in [4.69, 9.17) is 4.74 Å². The van der Waals surface area contributed by atoms with Crippen LogP contribution in [0.25, 0.3) is 0 Å². The normalized spacial score (nSPS) is 11.9. The van der Waals surface area contributed by atoms with Crippen LogP contribution in [0.15, 0.2) is 24.3 Å². The fraction of sp³-hybridized carbons (Fsp3) is 0.462. The highest BCUT2D eigenvalue weighted by Gasteiger charge is 2.05. The molecule has 1 aromatic rings. The highest BCUT2D eigenvalue weighted by atomic mass is 16.5. The fourth-order valence-corrected chi connectivity index (χ4v) is 1.55. The van der Waals surface area contributed by atoms with Gasteiger partial charge in [0.05, 0.1) is 6.61 Å². The van der Waals surface area contributed by atoms with Gasteiger partial charge in [-0.1, -0.05) is 6.92 Å². The Balaban J connectivity index is 2.57. The second-order valence-corrected chi connectivity index (χ2v) is 3.96. The van der Waals surface area contributed by atoms with Crippen molar-refractivity contribution >= 4 is 17.3 Å². The molecule has 0 spiro atoms. The van der Waals surface area contributed by atoms with Crippen LogP contribution in [0.4, 0.5) is 11.4 Å². The molecule has 4 heteroatoms. The molecule has 2 N–H and O–H groups in total. The lowest BCUT2D eigenvalue weighted by Gasteiger charge is -2.17. The minimum absolute atomic E-state index is 0.0588. The Bertz CT molecular complexity index is 349. The van der Waals surface area contributed by atoms with Gasteiger partial charge in [-0.3, -0.25) is 4.79 Å². The van der Waals surface area contributed by atoms with Crippen LogP contribution in [0.5, 0.6) is 0 Å². The Morgan fingerprint density at radius 2 is 1.88 bits per heavy atom. The largest absolute Gasteiger partial charge is 0.383 e. The molecule has 1 rings (SSSR count). The van der Waals surface area contributed by atoms with E-state index in [1.807, 2.05) is 24.3 Å². The predicted octanol–water partition coefficient (Wildman–Crippen LogP) is 2.48. The number of anilines is 2. The number of carbonyl (C=O) groups is 1. The number of methoxy groups -OCH3 is 1. The number of ether oxygens (including phenoxy) is 1. The smallest absolute Gasteiger partial charge is 0.221 e. The SMILES string of the molecule is CCC(COC)Nc1ccc(NC(C)=O)cc1. The summed E-state index contributed by atoms with van der Waals surface area (Å²) in [6.45, 7) is 4.30. The summed E-state index contributed by atoms with van der Waals surface area (Å²) in [6.07, 6.45) is 1.00. The van der Waals surface area contributed by atoms with Gasteiger partial charge < -0.3 is 15.4 Å². The zero-order chi connectivity index (χ0) is 12.7. The molecule has 0 fully saturated rings. The summed E-state index contributed by atoms with van der Waals surface area (Å²) >= 11 is 0. The van der Waals surface area contributed by atoms with Crippen LogP contribution >= 0.6 is 0 Å². The zero-order valence-corrected chi connectivity index (χ0v) is 10.6. The van der Waals surface area contributed by atoms with Crippen molar-refractivity contribution in [2.75, 3.05) is 24.4 Å². The Kier molecular flexibility index (Phi) is 5.49. The standard InChI is InChI=1S/C13H20N2O2/c1-4-11(9-17-3)15-13-7-5-12(6-8-13)14-10(2)16/h5-8,11,15H,4,9H2,1-3H3,(H,14,16). The molecule has 1 aromatic carbocycles. The average Bonchev–Trinajstić information content (AvgIpc) is 2.30. The molecule has 0 radical (unpaired) electrons. The van der Waals surface area contributed by atoms with Crippen LogP contribution in [0.2, 0.25) is 0 Å². The van der Waals surface area contributed by atoms with Crippen LogP contribution < -0.4 is 10.6 Å². The van der Waals surface area contributed by atoms with Gasteiger partial charge in [0, 0.05) is 31.5 Å². The topological polar surface area (TPSA) is 50.4 Å². The summed E-state index contributed by atoms with van der Waals surface area (Å²) < 4.78 is 5.12. The fourth-order valence-electron chi connectivity index (χ4n) is 1.55. The first-order chi connectivity index (χ1) is 8.15.